The summed E-state index contributed by atoms with van der Waals surface area (Å²) in [7, 11) is -2.57. The summed E-state index contributed by atoms with van der Waals surface area (Å²) < 4.78 is 32.5. The molecule has 3 aromatic rings. The monoisotopic (exact) mass is 477 g/mol. The molecule has 0 aliphatic rings. The number of ether oxygens (including phenoxy) is 1. The Kier molecular flexibility index (Phi) is 7.00. The van der Waals surface area contributed by atoms with Gasteiger partial charge in [-0.25, -0.2) is 18.4 Å². The number of sulfonamides is 1. The van der Waals surface area contributed by atoms with Crippen molar-refractivity contribution in [2.45, 2.75) is 4.90 Å². The summed E-state index contributed by atoms with van der Waals surface area (Å²) in [5.41, 5.74) is 0.873. The number of anilines is 2. The molecular weight excluding hydrogens is 462 g/mol. The van der Waals surface area contributed by atoms with Crippen LogP contribution in [-0.2, 0) is 10.0 Å². The third kappa shape index (κ3) is 5.87. The van der Waals surface area contributed by atoms with Crippen LogP contribution in [0.5, 0.6) is 5.88 Å². The molecule has 2 aromatic carbocycles. The van der Waals surface area contributed by atoms with Gasteiger partial charge in [0, 0.05) is 28.7 Å². The maximum atomic E-state index is 12.6. The number of thiocarbonyl (C=S) groups is 1. The molecule has 0 aliphatic carbocycles. The predicted octanol–water partition coefficient (Wildman–Crippen LogP) is 3.07. The molecule has 0 atom stereocenters. The number of nitrogens with one attached hydrogen (secondary N) is 3. The summed E-state index contributed by atoms with van der Waals surface area (Å²) in [5, 5.41) is 5.92. The van der Waals surface area contributed by atoms with Gasteiger partial charge in [-0.05, 0) is 60.7 Å². The van der Waals surface area contributed by atoms with Gasteiger partial charge in [-0.3, -0.25) is 14.8 Å². The highest BCUT2D eigenvalue weighted by Crippen LogP contribution is 2.22. The summed E-state index contributed by atoms with van der Waals surface area (Å²) in [6.07, 6.45) is 2.72. The standard InChI is InChI=1S/C19H16ClN5O4S2/c1-29-18-16(21-10-11-22-18)25-31(27,28)15-8-6-14(7-9-15)23-19(30)24-17(26)12-2-4-13(20)5-3-12/h2-11H,1H3,(H,21,25)(H2,23,24,26,30). The van der Waals surface area contributed by atoms with Crippen LogP contribution in [0, 0.1) is 0 Å². The SMILES string of the molecule is COc1nccnc1NS(=O)(=O)c1ccc(NC(=S)NC(=O)c2ccc(Cl)cc2)cc1. The average Bonchev–Trinajstić information content (AvgIpc) is 2.74. The van der Waals surface area contributed by atoms with E-state index in [0.717, 1.165) is 0 Å². The summed E-state index contributed by atoms with van der Waals surface area (Å²) in [6, 6.07) is 12.1. The lowest BCUT2D eigenvalue weighted by molar-refractivity contribution is 0.0977. The number of carbonyl (C=O) groups is 1. The molecule has 160 valence electrons. The van der Waals surface area contributed by atoms with Crippen LogP contribution in [0.15, 0.2) is 65.8 Å². The third-order valence-corrected chi connectivity index (χ3v) is 5.66. The van der Waals surface area contributed by atoms with Gasteiger partial charge in [-0.1, -0.05) is 11.6 Å². The zero-order valence-electron chi connectivity index (χ0n) is 16.0. The van der Waals surface area contributed by atoms with E-state index in [1.807, 2.05) is 0 Å². The number of carbonyl (C=O) groups excluding carboxylic acids is 1. The van der Waals surface area contributed by atoms with Crippen molar-refractivity contribution in [3.8, 4) is 5.88 Å². The van der Waals surface area contributed by atoms with Gasteiger partial charge in [0.25, 0.3) is 21.8 Å². The molecule has 0 aliphatic heterocycles. The molecular formula is C19H16ClN5O4S2. The van der Waals surface area contributed by atoms with Gasteiger partial charge >= 0.3 is 0 Å². The number of amides is 1. The van der Waals surface area contributed by atoms with Gasteiger partial charge in [0.2, 0.25) is 5.82 Å². The van der Waals surface area contributed by atoms with Gasteiger partial charge in [0.1, 0.15) is 0 Å². The van der Waals surface area contributed by atoms with E-state index < -0.39 is 15.9 Å². The zero-order chi connectivity index (χ0) is 22.4. The zero-order valence-corrected chi connectivity index (χ0v) is 18.4. The molecule has 12 heteroatoms. The number of hydrogen-bond donors (Lipinski definition) is 3. The Balaban J connectivity index is 1.64. The molecule has 0 saturated carbocycles. The van der Waals surface area contributed by atoms with Crippen LogP contribution in [0.25, 0.3) is 0 Å². The van der Waals surface area contributed by atoms with E-state index in [9.17, 15) is 13.2 Å². The minimum absolute atomic E-state index is 0.0122. The Hall–Kier alpha value is -3.28. The summed E-state index contributed by atoms with van der Waals surface area (Å²) >= 11 is 10.9. The number of nitrogens with zero attached hydrogens (tertiary/aromatic N) is 2. The smallest absolute Gasteiger partial charge is 0.263 e. The van der Waals surface area contributed by atoms with Crippen LogP contribution in [0.2, 0.25) is 5.02 Å². The van der Waals surface area contributed by atoms with Gasteiger partial charge in [0.05, 0.1) is 12.0 Å². The second-order valence-corrected chi connectivity index (χ2v) is 8.49. The number of rotatable bonds is 6. The van der Waals surface area contributed by atoms with Gasteiger partial charge in [-0.15, -0.1) is 0 Å². The number of aromatic nitrogens is 2. The van der Waals surface area contributed by atoms with E-state index in [0.29, 0.717) is 16.3 Å². The molecule has 0 spiro atoms. The lowest BCUT2D eigenvalue weighted by Gasteiger charge is -2.12. The van der Waals surface area contributed by atoms with E-state index in [1.165, 1.54) is 43.8 Å². The lowest BCUT2D eigenvalue weighted by Crippen LogP contribution is -2.34. The quantitative estimate of drug-likeness (QED) is 0.463. The average molecular weight is 478 g/mol. The molecule has 9 nitrogen and oxygen atoms in total. The lowest BCUT2D eigenvalue weighted by atomic mass is 10.2. The first kappa shape index (κ1) is 22.4. The minimum atomic E-state index is -3.92. The highest BCUT2D eigenvalue weighted by atomic mass is 35.5. The van der Waals surface area contributed by atoms with Crippen molar-refractivity contribution in [1.82, 2.24) is 15.3 Å². The molecule has 0 bridgehead atoms. The molecule has 0 radical (unpaired) electrons. The van der Waals surface area contributed by atoms with Crippen molar-refractivity contribution < 1.29 is 17.9 Å². The second-order valence-electron chi connectivity index (χ2n) is 5.96. The third-order valence-electron chi connectivity index (χ3n) is 3.85. The van der Waals surface area contributed by atoms with E-state index in [1.54, 1.807) is 24.3 Å². The molecule has 0 unspecified atom stereocenters. The van der Waals surface area contributed by atoms with Crippen molar-refractivity contribution in [3.63, 3.8) is 0 Å². The minimum Gasteiger partial charge on any atom is -0.478 e. The summed E-state index contributed by atoms with van der Waals surface area (Å²) in [5.74, 6) is -0.389. The fourth-order valence-corrected chi connectivity index (χ4v) is 3.73. The van der Waals surface area contributed by atoms with E-state index in [2.05, 4.69) is 25.3 Å². The molecule has 1 heterocycles. The largest absolute Gasteiger partial charge is 0.478 e. The number of benzene rings is 2. The van der Waals surface area contributed by atoms with Crippen LogP contribution < -0.4 is 20.1 Å². The van der Waals surface area contributed by atoms with Crippen LogP contribution >= 0.6 is 23.8 Å². The molecule has 0 fully saturated rings. The maximum Gasteiger partial charge on any atom is 0.263 e. The van der Waals surface area contributed by atoms with Crippen LogP contribution in [0.4, 0.5) is 11.5 Å². The van der Waals surface area contributed by atoms with Crippen LogP contribution in [0.3, 0.4) is 0 Å². The summed E-state index contributed by atoms with van der Waals surface area (Å²) in [4.78, 5) is 20.0. The van der Waals surface area contributed by atoms with Crippen LogP contribution in [0.1, 0.15) is 10.4 Å². The topological polar surface area (TPSA) is 122 Å². The Morgan fingerprint density at radius 2 is 1.68 bits per heavy atom. The normalized spacial score (nSPS) is 10.8. The molecule has 1 aromatic heterocycles. The highest BCUT2D eigenvalue weighted by molar-refractivity contribution is 7.92. The molecule has 0 saturated heterocycles. The van der Waals surface area contributed by atoms with E-state index >= 15 is 0 Å². The molecule has 3 N–H and O–H groups in total. The molecule has 31 heavy (non-hydrogen) atoms. The van der Waals surface area contributed by atoms with E-state index in [4.69, 9.17) is 28.6 Å². The van der Waals surface area contributed by atoms with E-state index in [-0.39, 0.29) is 21.7 Å². The Morgan fingerprint density at radius 3 is 2.32 bits per heavy atom. The van der Waals surface area contributed by atoms with Gasteiger partial charge in [-0.2, -0.15) is 0 Å². The van der Waals surface area contributed by atoms with Crippen molar-refractivity contribution in [1.29, 1.82) is 0 Å². The van der Waals surface area contributed by atoms with Gasteiger partial charge in [0.15, 0.2) is 5.11 Å². The highest BCUT2D eigenvalue weighted by Gasteiger charge is 2.18. The summed E-state index contributed by atoms with van der Waals surface area (Å²) in [6.45, 7) is 0. The van der Waals surface area contributed by atoms with Crippen molar-refractivity contribution in [3.05, 3.63) is 71.5 Å². The number of methoxy groups -OCH3 is 1. The van der Waals surface area contributed by atoms with Crippen molar-refractivity contribution in [2.75, 3.05) is 17.1 Å². The first-order valence-corrected chi connectivity index (χ1v) is 10.9. The Bertz CT molecular complexity index is 1200. The van der Waals surface area contributed by atoms with Crippen molar-refractivity contribution in [2.24, 2.45) is 0 Å². The Morgan fingerprint density at radius 1 is 1.03 bits per heavy atom. The predicted molar refractivity (Wildman–Crippen MR) is 121 cm³/mol. The Labute approximate surface area is 188 Å². The molecule has 3 rings (SSSR count). The second kappa shape index (κ2) is 9.69. The van der Waals surface area contributed by atoms with Crippen molar-refractivity contribution >= 4 is 56.4 Å². The molecule has 1 amide bonds. The number of halogens is 1. The van der Waals surface area contributed by atoms with Gasteiger partial charge < -0.3 is 10.1 Å². The first-order valence-electron chi connectivity index (χ1n) is 8.64. The maximum absolute atomic E-state index is 12.6. The fourth-order valence-electron chi connectivity index (χ4n) is 2.39. The number of hydrogen-bond acceptors (Lipinski definition) is 7. The fraction of sp³-hybridized carbons (Fsp3) is 0.0526. The first-order chi connectivity index (χ1) is 14.8. The van der Waals surface area contributed by atoms with Crippen LogP contribution in [-0.4, -0.2) is 36.5 Å².